The lowest BCUT2D eigenvalue weighted by molar-refractivity contribution is -0.114. The molecule has 0 atom stereocenters. The second kappa shape index (κ2) is 6.13. The molecule has 0 aliphatic heterocycles. The fraction of sp³-hybridized carbons (Fsp3) is 0.0667. The quantitative estimate of drug-likeness (QED) is 0.847. The number of benzene rings is 2. The molecule has 4 nitrogen and oxygen atoms in total. The Labute approximate surface area is 121 Å². The molecule has 3 N–H and O–H groups in total. The second-order valence-electron chi connectivity index (χ2n) is 4.17. The van der Waals surface area contributed by atoms with Crippen LogP contribution in [0.25, 0.3) is 0 Å². The lowest BCUT2D eigenvalue weighted by atomic mass is 10.2. The van der Waals surface area contributed by atoms with Gasteiger partial charge in [0.15, 0.2) is 0 Å². The van der Waals surface area contributed by atoms with Gasteiger partial charge in [0.2, 0.25) is 5.91 Å². The summed E-state index contributed by atoms with van der Waals surface area (Å²) in [6, 6.07) is 14.9. The van der Waals surface area contributed by atoms with Gasteiger partial charge in [-0.2, -0.15) is 5.26 Å². The first kappa shape index (κ1) is 14.0. The summed E-state index contributed by atoms with van der Waals surface area (Å²) < 4.78 is 0. The van der Waals surface area contributed by atoms with E-state index in [2.05, 4.69) is 11.4 Å². The van der Waals surface area contributed by atoms with E-state index < -0.39 is 0 Å². The van der Waals surface area contributed by atoms with Crippen molar-refractivity contribution in [1.82, 2.24) is 0 Å². The number of anilines is 2. The zero-order valence-electron chi connectivity index (χ0n) is 10.9. The molecule has 0 aliphatic carbocycles. The maximum absolute atomic E-state index is 10.9. The van der Waals surface area contributed by atoms with Gasteiger partial charge in [-0.05, 0) is 42.5 Å². The first-order chi connectivity index (χ1) is 9.58. The van der Waals surface area contributed by atoms with Gasteiger partial charge in [-0.15, -0.1) is 0 Å². The molecule has 0 spiro atoms. The van der Waals surface area contributed by atoms with E-state index in [1.54, 1.807) is 12.1 Å². The number of nitriles is 1. The predicted molar refractivity (Wildman–Crippen MR) is 80.4 cm³/mol. The van der Waals surface area contributed by atoms with Crippen LogP contribution in [0.2, 0.25) is 0 Å². The summed E-state index contributed by atoms with van der Waals surface area (Å²) in [7, 11) is 0. The van der Waals surface area contributed by atoms with Gasteiger partial charge in [0, 0.05) is 28.1 Å². The van der Waals surface area contributed by atoms with Crippen LogP contribution < -0.4 is 11.1 Å². The Hall–Kier alpha value is -2.45. The van der Waals surface area contributed by atoms with E-state index in [0.29, 0.717) is 11.3 Å². The van der Waals surface area contributed by atoms with Crippen molar-refractivity contribution in [2.45, 2.75) is 16.7 Å². The summed E-state index contributed by atoms with van der Waals surface area (Å²) in [4.78, 5) is 12.9. The maximum Gasteiger partial charge on any atom is 0.221 e. The highest BCUT2D eigenvalue weighted by molar-refractivity contribution is 7.99. The standard InChI is InChI=1S/C15H13N3OS/c1-10(19)18-12-2-4-13(5-3-12)20-14-6-7-15(17)11(8-14)9-16/h2-8H,17H2,1H3,(H,18,19). The minimum Gasteiger partial charge on any atom is -0.398 e. The van der Waals surface area contributed by atoms with E-state index in [1.165, 1.54) is 18.7 Å². The number of nitrogens with one attached hydrogen (secondary N) is 1. The summed E-state index contributed by atoms with van der Waals surface area (Å²) in [6.45, 7) is 1.47. The molecule has 2 aromatic carbocycles. The topological polar surface area (TPSA) is 78.9 Å². The van der Waals surface area contributed by atoms with Crippen molar-refractivity contribution in [1.29, 1.82) is 5.26 Å². The number of nitrogen functional groups attached to an aromatic ring is 1. The van der Waals surface area contributed by atoms with Crippen molar-refractivity contribution in [3.05, 3.63) is 48.0 Å². The normalized spacial score (nSPS) is 9.80. The van der Waals surface area contributed by atoms with Gasteiger partial charge in [-0.1, -0.05) is 11.8 Å². The number of hydrogen-bond acceptors (Lipinski definition) is 4. The Bertz CT molecular complexity index is 675. The van der Waals surface area contributed by atoms with Crippen molar-refractivity contribution < 1.29 is 4.79 Å². The molecular weight excluding hydrogens is 270 g/mol. The van der Waals surface area contributed by atoms with Crippen LogP contribution in [0.3, 0.4) is 0 Å². The smallest absolute Gasteiger partial charge is 0.221 e. The molecule has 0 fully saturated rings. The van der Waals surface area contributed by atoms with Gasteiger partial charge in [-0.3, -0.25) is 4.79 Å². The molecule has 0 radical (unpaired) electrons. The molecular formula is C15H13N3OS. The SMILES string of the molecule is CC(=O)Nc1ccc(Sc2ccc(N)c(C#N)c2)cc1. The molecule has 0 bridgehead atoms. The van der Waals surface area contributed by atoms with E-state index in [-0.39, 0.29) is 5.91 Å². The largest absolute Gasteiger partial charge is 0.398 e. The van der Waals surface area contributed by atoms with Crippen LogP contribution in [0.4, 0.5) is 11.4 Å². The van der Waals surface area contributed by atoms with Crippen molar-refractivity contribution >= 4 is 29.0 Å². The van der Waals surface area contributed by atoms with Crippen LogP contribution in [0.15, 0.2) is 52.3 Å². The number of amides is 1. The minimum atomic E-state index is -0.0948. The van der Waals surface area contributed by atoms with E-state index in [4.69, 9.17) is 11.0 Å². The summed E-state index contributed by atoms with van der Waals surface area (Å²) in [5, 5.41) is 11.7. The molecule has 5 heteroatoms. The number of rotatable bonds is 3. The highest BCUT2D eigenvalue weighted by Gasteiger charge is 2.03. The van der Waals surface area contributed by atoms with Gasteiger partial charge in [-0.25, -0.2) is 0 Å². The average Bonchev–Trinajstić information content (AvgIpc) is 2.42. The Morgan fingerprint density at radius 2 is 1.85 bits per heavy atom. The van der Waals surface area contributed by atoms with Crippen LogP contribution in [-0.4, -0.2) is 5.91 Å². The van der Waals surface area contributed by atoms with Gasteiger partial charge in [0.1, 0.15) is 6.07 Å². The van der Waals surface area contributed by atoms with Gasteiger partial charge < -0.3 is 11.1 Å². The summed E-state index contributed by atoms with van der Waals surface area (Å²) in [5.74, 6) is -0.0948. The Balaban J connectivity index is 2.14. The monoisotopic (exact) mass is 283 g/mol. The number of nitrogens with two attached hydrogens (primary N) is 1. The molecule has 0 aromatic heterocycles. The molecule has 2 rings (SSSR count). The number of hydrogen-bond donors (Lipinski definition) is 2. The minimum absolute atomic E-state index is 0.0948. The molecule has 0 unspecified atom stereocenters. The molecule has 20 heavy (non-hydrogen) atoms. The van der Waals surface area contributed by atoms with E-state index >= 15 is 0 Å². The summed E-state index contributed by atoms with van der Waals surface area (Å²) in [5.41, 5.74) is 7.41. The van der Waals surface area contributed by atoms with E-state index in [0.717, 1.165) is 15.5 Å². The number of nitrogens with zero attached hydrogens (tertiary/aromatic N) is 1. The highest BCUT2D eigenvalue weighted by Crippen LogP contribution is 2.30. The van der Waals surface area contributed by atoms with Gasteiger partial charge >= 0.3 is 0 Å². The van der Waals surface area contributed by atoms with Crippen LogP contribution in [-0.2, 0) is 4.79 Å². The highest BCUT2D eigenvalue weighted by atomic mass is 32.2. The Morgan fingerprint density at radius 1 is 1.20 bits per heavy atom. The maximum atomic E-state index is 10.9. The molecule has 0 saturated carbocycles. The van der Waals surface area contributed by atoms with Crippen LogP contribution in [0.5, 0.6) is 0 Å². The average molecular weight is 283 g/mol. The fourth-order valence-corrected chi connectivity index (χ4v) is 2.50. The third-order valence-electron chi connectivity index (χ3n) is 2.56. The van der Waals surface area contributed by atoms with Crippen LogP contribution in [0, 0.1) is 11.3 Å². The number of carbonyl (C=O) groups excluding carboxylic acids is 1. The molecule has 2 aromatic rings. The third kappa shape index (κ3) is 3.53. The van der Waals surface area contributed by atoms with Crippen molar-refractivity contribution in [3.8, 4) is 6.07 Å². The fourth-order valence-electron chi connectivity index (χ4n) is 1.64. The molecule has 0 aliphatic rings. The Kier molecular flexibility index (Phi) is 4.28. The van der Waals surface area contributed by atoms with Crippen molar-refractivity contribution in [3.63, 3.8) is 0 Å². The lowest BCUT2D eigenvalue weighted by Gasteiger charge is -2.06. The third-order valence-corrected chi connectivity index (χ3v) is 3.55. The summed E-state index contributed by atoms with van der Waals surface area (Å²) in [6.07, 6.45) is 0. The molecule has 0 heterocycles. The second-order valence-corrected chi connectivity index (χ2v) is 5.32. The zero-order valence-corrected chi connectivity index (χ0v) is 11.7. The van der Waals surface area contributed by atoms with Crippen LogP contribution >= 0.6 is 11.8 Å². The predicted octanol–water partition coefficient (Wildman–Crippen LogP) is 3.25. The lowest BCUT2D eigenvalue weighted by Crippen LogP contribution is -2.05. The molecule has 0 saturated heterocycles. The molecule has 100 valence electrons. The summed E-state index contributed by atoms with van der Waals surface area (Å²) >= 11 is 1.53. The van der Waals surface area contributed by atoms with Gasteiger partial charge in [0.05, 0.1) is 5.56 Å². The zero-order chi connectivity index (χ0) is 14.5. The van der Waals surface area contributed by atoms with Gasteiger partial charge in [0.25, 0.3) is 0 Å². The van der Waals surface area contributed by atoms with Crippen LogP contribution in [0.1, 0.15) is 12.5 Å². The Morgan fingerprint density at radius 3 is 2.45 bits per heavy atom. The number of carbonyl (C=O) groups is 1. The van der Waals surface area contributed by atoms with E-state index in [1.807, 2.05) is 30.3 Å². The molecule has 1 amide bonds. The first-order valence-electron chi connectivity index (χ1n) is 5.93. The van der Waals surface area contributed by atoms with Crippen molar-refractivity contribution in [2.24, 2.45) is 0 Å². The van der Waals surface area contributed by atoms with E-state index in [9.17, 15) is 4.79 Å². The first-order valence-corrected chi connectivity index (χ1v) is 6.75. The van der Waals surface area contributed by atoms with Crippen molar-refractivity contribution in [2.75, 3.05) is 11.1 Å².